The molecule has 0 aromatic carbocycles. The minimum atomic E-state index is -0.174. The summed E-state index contributed by atoms with van der Waals surface area (Å²) in [6.45, 7) is 0. The molecular weight excluding hydrogens is 146 g/mol. The van der Waals surface area contributed by atoms with Crippen molar-refractivity contribution in [3.8, 4) is 0 Å². The molecule has 0 unspecified atom stereocenters. The molecule has 0 bridgehead atoms. The van der Waals surface area contributed by atoms with E-state index in [2.05, 4.69) is 20.9 Å². The Morgan fingerprint density at radius 1 is 1.64 bits per heavy atom. The minimum absolute atomic E-state index is 0.174. The number of aromatic amines is 1. The van der Waals surface area contributed by atoms with Gasteiger partial charge in [-0.15, -0.1) is 5.53 Å². The number of hydrogen-bond donors (Lipinski definition) is 3. The zero-order valence-electron chi connectivity index (χ0n) is 5.88. The molecule has 3 N–H and O–H groups in total. The van der Waals surface area contributed by atoms with E-state index in [1.165, 1.54) is 6.33 Å². The van der Waals surface area contributed by atoms with Crippen LogP contribution in [0.1, 0.15) is 0 Å². The van der Waals surface area contributed by atoms with Gasteiger partial charge in [0.25, 0.3) is 5.56 Å². The van der Waals surface area contributed by atoms with E-state index >= 15 is 0 Å². The zero-order chi connectivity index (χ0) is 7.84. The molecule has 0 radical (unpaired) electrons. The monoisotopic (exact) mass is 153 g/mol. The van der Waals surface area contributed by atoms with Crippen LogP contribution in [0.4, 0.5) is 11.5 Å². The summed E-state index contributed by atoms with van der Waals surface area (Å²) in [7, 11) is 1.77. The highest BCUT2D eigenvalue weighted by molar-refractivity contribution is 5.66. The number of anilines is 2. The molecule has 0 aliphatic carbocycles. The summed E-state index contributed by atoms with van der Waals surface area (Å²) < 4.78 is 0. The summed E-state index contributed by atoms with van der Waals surface area (Å²) in [6, 6.07) is 0. The van der Waals surface area contributed by atoms with Gasteiger partial charge in [0.1, 0.15) is 0 Å². The smallest absolute Gasteiger partial charge is 0.277 e. The van der Waals surface area contributed by atoms with E-state index < -0.39 is 0 Å². The largest absolute Gasteiger partial charge is 0.311 e. The molecule has 2 heterocycles. The van der Waals surface area contributed by atoms with Crippen molar-refractivity contribution in [2.24, 2.45) is 0 Å². The van der Waals surface area contributed by atoms with Crippen molar-refractivity contribution in [3.63, 3.8) is 0 Å². The molecule has 6 nitrogen and oxygen atoms in total. The average molecular weight is 153 g/mol. The van der Waals surface area contributed by atoms with Gasteiger partial charge in [0.2, 0.25) is 0 Å². The number of aromatic nitrogens is 2. The topological polar surface area (TPSA) is 73.0 Å². The van der Waals surface area contributed by atoms with Crippen LogP contribution in [0.3, 0.4) is 0 Å². The Morgan fingerprint density at radius 3 is 3.18 bits per heavy atom. The lowest BCUT2D eigenvalue weighted by Gasteiger charge is -2.06. The summed E-state index contributed by atoms with van der Waals surface area (Å²) >= 11 is 0. The van der Waals surface area contributed by atoms with Crippen molar-refractivity contribution < 1.29 is 0 Å². The van der Waals surface area contributed by atoms with Crippen LogP contribution in [0.25, 0.3) is 0 Å². The van der Waals surface area contributed by atoms with Crippen molar-refractivity contribution in [2.75, 3.05) is 17.5 Å². The zero-order valence-corrected chi connectivity index (χ0v) is 5.88. The Labute approximate surface area is 62.2 Å². The van der Waals surface area contributed by atoms with Crippen molar-refractivity contribution in [2.45, 2.75) is 0 Å². The van der Waals surface area contributed by atoms with E-state index in [4.69, 9.17) is 0 Å². The van der Waals surface area contributed by atoms with Gasteiger partial charge in [-0.2, -0.15) is 0 Å². The standard InChI is InChI=1S/C5H7N5O/c1-10-4-3(8-9-10)5(11)7-2-6-4/h2,8-9H,1H3,(H,6,7,11). The summed E-state index contributed by atoms with van der Waals surface area (Å²) in [5.41, 5.74) is 5.69. The molecule has 0 fully saturated rings. The fourth-order valence-electron chi connectivity index (χ4n) is 0.950. The van der Waals surface area contributed by atoms with E-state index in [9.17, 15) is 4.79 Å². The highest BCUT2D eigenvalue weighted by Crippen LogP contribution is 2.18. The molecule has 0 amide bonds. The molecule has 11 heavy (non-hydrogen) atoms. The predicted octanol–water partition coefficient (Wildman–Crippen LogP) is -0.949. The second-order valence-electron chi connectivity index (χ2n) is 2.23. The molecule has 0 atom stereocenters. The van der Waals surface area contributed by atoms with Gasteiger partial charge in [-0.1, -0.05) is 0 Å². The van der Waals surface area contributed by atoms with Crippen LogP contribution in [-0.2, 0) is 0 Å². The number of rotatable bonds is 0. The Morgan fingerprint density at radius 2 is 2.45 bits per heavy atom. The van der Waals surface area contributed by atoms with E-state index in [-0.39, 0.29) is 5.56 Å². The lowest BCUT2D eigenvalue weighted by Crippen LogP contribution is -2.32. The van der Waals surface area contributed by atoms with Crippen LogP contribution in [0.5, 0.6) is 0 Å². The fourth-order valence-corrected chi connectivity index (χ4v) is 0.950. The third kappa shape index (κ3) is 0.761. The third-order valence-corrected chi connectivity index (χ3v) is 1.50. The molecule has 1 aliphatic rings. The minimum Gasteiger partial charge on any atom is -0.311 e. The van der Waals surface area contributed by atoms with Crippen molar-refractivity contribution in [1.29, 1.82) is 0 Å². The Bertz CT molecular complexity index is 332. The number of H-pyrrole nitrogens is 1. The van der Waals surface area contributed by atoms with Gasteiger partial charge in [-0.3, -0.25) is 15.2 Å². The van der Waals surface area contributed by atoms with Crippen LogP contribution in [0, 0.1) is 0 Å². The normalized spacial score (nSPS) is 14.5. The summed E-state index contributed by atoms with van der Waals surface area (Å²) in [6.07, 6.45) is 1.37. The van der Waals surface area contributed by atoms with E-state index in [1.807, 2.05) is 0 Å². The summed E-state index contributed by atoms with van der Waals surface area (Å²) in [5.74, 6) is 0.605. The molecule has 0 saturated carbocycles. The maximum Gasteiger partial charge on any atom is 0.277 e. The molecular formula is C5H7N5O. The first kappa shape index (κ1) is 6.17. The molecule has 2 rings (SSSR count). The third-order valence-electron chi connectivity index (χ3n) is 1.50. The quantitative estimate of drug-likeness (QED) is 0.448. The number of nitrogens with one attached hydrogen (secondary N) is 3. The first-order chi connectivity index (χ1) is 5.29. The van der Waals surface area contributed by atoms with Crippen LogP contribution < -0.4 is 21.5 Å². The summed E-state index contributed by atoms with van der Waals surface area (Å²) in [5, 5.41) is 1.63. The fraction of sp³-hybridized carbons (Fsp3) is 0.200. The number of hydrazine groups is 2. The van der Waals surface area contributed by atoms with Crippen molar-refractivity contribution >= 4 is 11.5 Å². The Kier molecular flexibility index (Phi) is 1.10. The second kappa shape index (κ2) is 1.96. The van der Waals surface area contributed by atoms with Crippen LogP contribution in [0.15, 0.2) is 11.1 Å². The number of nitrogens with zero attached hydrogens (tertiary/aromatic N) is 2. The van der Waals surface area contributed by atoms with Crippen LogP contribution >= 0.6 is 0 Å². The van der Waals surface area contributed by atoms with Crippen LogP contribution in [0.2, 0.25) is 0 Å². The maximum absolute atomic E-state index is 11.0. The van der Waals surface area contributed by atoms with Gasteiger partial charge >= 0.3 is 0 Å². The van der Waals surface area contributed by atoms with Gasteiger partial charge in [0, 0.05) is 7.05 Å². The van der Waals surface area contributed by atoms with Gasteiger partial charge < -0.3 is 4.98 Å². The van der Waals surface area contributed by atoms with Gasteiger partial charge in [0.05, 0.1) is 6.33 Å². The first-order valence-corrected chi connectivity index (χ1v) is 3.12. The highest BCUT2D eigenvalue weighted by Gasteiger charge is 2.18. The SMILES string of the molecule is CN1NNc2c1nc[nH]c2=O. The lowest BCUT2D eigenvalue weighted by molar-refractivity contribution is 0.809. The highest BCUT2D eigenvalue weighted by atomic mass is 16.1. The van der Waals surface area contributed by atoms with Gasteiger partial charge in [-0.05, 0) is 0 Å². The van der Waals surface area contributed by atoms with E-state index in [0.29, 0.717) is 11.5 Å². The van der Waals surface area contributed by atoms with Gasteiger partial charge in [0.15, 0.2) is 11.5 Å². The molecule has 6 heteroatoms. The molecule has 0 spiro atoms. The van der Waals surface area contributed by atoms with Crippen LogP contribution in [-0.4, -0.2) is 17.0 Å². The molecule has 1 aromatic heterocycles. The van der Waals surface area contributed by atoms with E-state index in [1.54, 1.807) is 12.1 Å². The summed E-state index contributed by atoms with van der Waals surface area (Å²) in [4.78, 5) is 17.4. The molecule has 1 aliphatic heterocycles. The Hall–Kier alpha value is -1.56. The maximum atomic E-state index is 11.0. The Balaban J connectivity index is 2.66. The average Bonchev–Trinajstić information content (AvgIpc) is 2.35. The van der Waals surface area contributed by atoms with Crippen molar-refractivity contribution in [1.82, 2.24) is 15.5 Å². The molecule has 1 aromatic rings. The second-order valence-corrected chi connectivity index (χ2v) is 2.23. The van der Waals surface area contributed by atoms with E-state index in [0.717, 1.165) is 0 Å². The first-order valence-electron chi connectivity index (χ1n) is 3.12. The lowest BCUT2D eigenvalue weighted by atomic mass is 10.5. The van der Waals surface area contributed by atoms with Crippen molar-refractivity contribution in [3.05, 3.63) is 16.7 Å². The predicted molar refractivity (Wildman–Crippen MR) is 40.0 cm³/mol. The number of hydrogen-bond acceptors (Lipinski definition) is 5. The molecule has 58 valence electrons. The number of fused-ring (bicyclic) bond motifs is 1. The van der Waals surface area contributed by atoms with Gasteiger partial charge in [-0.25, -0.2) is 4.98 Å². The molecule has 0 saturated heterocycles.